The highest BCUT2D eigenvalue weighted by molar-refractivity contribution is 7.09. The Bertz CT molecular complexity index is 710. The molecule has 1 aliphatic heterocycles. The fraction of sp³-hybridized carbons (Fsp3) is 0.500. The number of nitrogens with zero attached hydrogens (tertiary/aromatic N) is 3. The topological polar surface area (TPSA) is 67.2 Å². The second-order valence-electron chi connectivity index (χ2n) is 6.33. The van der Waals surface area contributed by atoms with Crippen molar-refractivity contribution in [2.75, 3.05) is 13.1 Å². The van der Waals surface area contributed by atoms with Crippen molar-refractivity contribution in [1.82, 2.24) is 20.0 Å². The van der Waals surface area contributed by atoms with Crippen LogP contribution >= 0.6 is 11.3 Å². The van der Waals surface area contributed by atoms with E-state index in [9.17, 15) is 9.59 Å². The molecule has 134 valence electrons. The lowest BCUT2D eigenvalue weighted by Crippen LogP contribution is -2.43. The van der Waals surface area contributed by atoms with E-state index in [-0.39, 0.29) is 17.9 Å². The van der Waals surface area contributed by atoms with E-state index in [1.807, 2.05) is 34.0 Å². The molecule has 1 aliphatic rings. The molecular formula is C18H24N4O2S. The smallest absolute Gasteiger partial charge is 0.222 e. The molecule has 3 rings (SSSR count). The maximum atomic E-state index is 12.3. The van der Waals surface area contributed by atoms with Crippen LogP contribution in [0, 0.1) is 0 Å². The van der Waals surface area contributed by atoms with Gasteiger partial charge < -0.3 is 10.2 Å². The Balaban J connectivity index is 1.56. The quantitative estimate of drug-likeness (QED) is 0.824. The van der Waals surface area contributed by atoms with E-state index in [4.69, 9.17) is 0 Å². The molecule has 2 aromatic heterocycles. The van der Waals surface area contributed by atoms with E-state index in [1.54, 1.807) is 17.5 Å². The maximum Gasteiger partial charge on any atom is 0.222 e. The maximum absolute atomic E-state index is 12.3. The number of carbonyl (C=O) groups excluding carboxylic acids is 2. The molecular weight excluding hydrogens is 336 g/mol. The molecule has 2 aromatic rings. The van der Waals surface area contributed by atoms with Crippen molar-refractivity contribution < 1.29 is 9.59 Å². The highest BCUT2D eigenvalue weighted by Crippen LogP contribution is 2.23. The van der Waals surface area contributed by atoms with Crippen LogP contribution in [0.15, 0.2) is 29.8 Å². The Morgan fingerprint density at radius 3 is 3.04 bits per heavy atom. The Kier molecular flexibility index (Phi) is 5.86. The van der Waals surface area contributed by atoms with Gasteiger partial charge >= 0.3 is 0 Å². The SMILES string of the molecule is CCCC(=O)N1Cc2ccnn2[C@H](CC(=O)NCCc2cccs2)C1. The van der Waals surface area contributed by atoms with Gasteiger partial charge in [-0.1, -0.05) is 13.0 Å². The lowest BCUT2D eigenvalue weighted by atomic mass is 10.1. The van der Waals surface area contributed by atoms with E-state index in [2.05, 4.69) is 16.5 Å². The molecule has 1 atom stereocenters. The normalized spacial score (nSPS) is 16.5. The Morgan fingerprint density at radius 1 is 1.40 bits per heavy atom. The largest absolute Gasteiger partial charge is 0.356 e. The minimum atomic E-state index is -0.0960. The Hall–Kier alpha value is -2.15. The second kappa shape index (κ2) is 8.29. The van der Waals surface area contributed by atoms with Crippen LogP contribution < -0.4 is 5.32 Å². The molecule has 7 heteroatoms. The second-order valence-corrected chi connectivity index (χ2v) is 7.36. The van der Waals surface area contributed by atoms with E-state index in [0.29, 0.717) is 32.5 Å². The van der Waals surface area contributed by atoms with Gasteiger partial charge in [-0.05, 0) is 30.4 Å². The molecule has 3 heterocycles. The summed E-state index contributed by atoms with van der Waals surface area (Å²) in [4.78, 5) is 27.7. The van der Waals surface area contributed by atoms with E-state index < -0.39 is 0 Å². The number of hydrogen-bond donors (Lipinski definition) is 1. The lowest BCUT2D eigenvalue weighted by Gasteiger charge is -2.33. The minimum Gasteiger partial charge on any atom is -0.356 e. The van der Waals surface area contributed by atoms with Crippen molar-refractivity contribution in [3.05, 3.63) is 40.3 Å². The third-order valence-corrected chi connectivity index (χ3v) is 5.33. The summed E-state index contributed by atoms with van der Waals surface area (Å²) in [6, 6.07) is 5.92. The summed E-state index contributed by atoms with van der Waals surface area (Å²) in [5.41, 5.74) is 0.993. The summed E-state index contributed by atoms with van der Waals surface area (Å²) in [6.45, 7) is 3.77. The molecule has 0 saturated heterocycles. The highest BCUT2D eigenvalue weighted by Gasteiger charge is 2.29. The zero-order chi connectivity index (χ0) is 17.6. The first-order chi connectivity index (χ1) is 12.2. The van der Waals surface area contributed by atoms with Crippen LogP contribution in [0.2, 0.25) is 0 Å². The molecule has 0 radical (unpaired) electrons. The average Bonchev–Trinajstić information content (AvgIpc) is 3.26. The summed E-state index contributed by atoms with van der Waals surface area (Å²) < 4.78 is 1.90. The third-order valence-electron chi connectivity index (χ3n) is 4.39. The van der Waals surface area contributed by atoms with Crippen LogP contribution in [0.5, 0.6) is 0 Å². The number of fused-ring (bicyclic) bond motifs is 1. The number of aromatic nitrogens is 2. The predicted octanol–water partition coefficient (Wildman–Crippen LogP) is 2.38. The molecule has 6 nitrogen and oxygen atoms in total. The van der Waals surface area contributed by atoms with Crippen molar-refractivity contribution in [2.24, 2.45) is 0 Å². The molecule has 0 aromatic carbocycles. The van der Waals surface area contributed by atoms with Crippen LogP contribution in [-0.2, 0) is 22.6 Å². The van der Waals surface area contributed by atoms with Crippen molar-refractivity contribution in [3.63, 3.8) is 0 Å². The number of rotatable bonds is 7. The van der Waals surface area contributed by atoms with E-state index >= 15 is 0 Å². The van der Waals surface area contributed by atoms with Crippen LogP contribution in [0.4, 0.5) is 0 Å². The first-order valence-electron chi connectivity index (χ1n) is 8.76. The van der Waals surface area contributed by atoms with Crippen molar-refractivity contribution in [3.8, 4) is 0 Å². The van der Waals surface area contributed by atoms with Gasteiger partial charge in [0.25, 0.3) is 0 Å². The molecule has 2 amide bonds. The van der Waals surface area contributed by atoms with Gasteiger partial charge in [0.2, 0.25) is 11.8 Å². The Morgan fingerprint density at radius 2 is 2.28 bits per heavy atom. The third kappa shape index (κ3) is 4.48. The summed E-state index contributed by atoms with van der Waals surface area (Å²) in [6.07, 6.45) is 4.32. The van der Waals surface area contributed by atoms with E-state index in [0.717, 1.165) is 18.5 Å². The molecule has 0 aliphatic carbocycles. The molecule has 0 fully saturated rings. The van der Waals surface area contributed by atoms with Gasteiger partial charge in [-0.15, -0.1) is 11.3 Å². The van der Waals surface area contributed by atoms with E-state index in [1.165, 1.54) is 4.88 Å². The average molecular weight is 360 g/mol. The van der Waals surface area contributed by atoms with Gasteiger partial charge in [0, 0.05) is 30.6 Å². The Labute approximate surface area is 151 Å². The van der Waals surface area contributed by atoms with Crippen molar-refractivity contribution in [1.29, 1.82) is 0 Å². The van der Waals surface area contributed by atoms with Crippen LogP contribution in [0.25, 0.3) is 0 Å². The number of amides is 2. The first-order valence-corrected chi connectivity index (χ1v) is 9.64. The summed E-state index contributed by atoms with van der Waals surface area (Å²) >= 11 is 1.70. The van der Waals surface area contributed by atoms with Gasteiger partial charge in [0.1, 0.15) is 0 Å². The highest BCUT2D eigenvalue weighted by atomic mass is 32.1. The van der Waals surface area contributed by atoms with Gasteiger partial charge in [-0.3, -0.25) is 14.3 Å². The first kappa shape index (κ1) is 17.7. The lowest BCUT2D eigenvalue weighted by molar-refractivity contribution is -0.134. The molecule has 25 heavy (non-hydrogen) atoms. The van der Waals surface area contributed by atoms with Gasteiger partial charge in [-0.2, -0.15) is 5.10 Å². The predicted molar refractivity (Wildman–Crippen MR) is 97.2 cm³/mol. The fourth-order valence-corrected chi connectivity index (χ4v) is 3.88. The van der Waals surface area contributed by atoms with Gasteiger partial charge in [0.05, 0.1) is 24.7 Å². The number of carbonyl (C=O) groups is 2. The van der Waals surface area contributed by atoms with Crippen LogP contribution in [0.3, 0.4) is 0 Å². The zero-order valence-electron chi connectivity index (χ0n) is 14.5. The molecule has 0 spiro atoms. The molecule has 1 N–H and O–H groups in total. The summed E-state index contributed by atoms with van der Waals surface area (Å²) in [5.74, 6) is 0.158. The van der Waals surface area contributed by atoms with Crippen molar-refractivity contribution >= 4 is 23.2 Å². The fourth-order valence-electron chi connectivity index (χ4n) is 3.17. The number of thiophene rings is 1. The standard InChI is InChI=1S/C18H24N4O2S/c1-2-4-18(24)21-12-14-6-9-20-22(14)15(13-21)11-17(23)19-8-7-16-5-3-10-25-16/h3,5-6,9-10,15H,2,4,7-8,11-13H2,1H3,(H,19,23)/t15-/m1/s1. The zero-order valence-corrected chi connectivity index (χ0v) is 15.3. The monoisotopic (exact) mass is 360 g/mol. The minimum absolute atomic E-state index is 0.00722. The number of hydrogen-bond acceptors (Lipinski definition) is 4. The van der Waals surface area contributed by atoms with Crippen LogP contribution in [-0.4, -0.2) is 39.6 Å². The van der Waals surface area contributed by atoms with Crippen LogP contribution in [0.1, 0.15) is 42.8 Å². The summed E-state index contributed by atoms with van der Waals surface area (Å²) in [5, 5.41) is 9.38. The van der Waals surface area contributed by atoms with Gasteiger partial charge in [0.15, 0.2) is 0 Å². The number of nitrogens with one attached hydrogen (secondary N) is 1. The summed E-state index contributed by atoms with van der Waals surface area (Å²) in [7, 11) is 0. The molecule has 0 bridgehead atoms. The van der Waals surface area contributed by atoms with Gasteiger partial charge in [-0.25, -0.2) is 0 Å². The molecule has 0 unspecified atom stereocenters. The van der Waals surface area contributed by atoms with Crippen molar-refractivity contribution in [2.45, 2.75) is 45.2 Å². The molecule has 0 saturated carbocycles.